The molecule has 0 bridgehead atoms. The van der Waals surface area contributed by atoms with E-state index in [1.54, 1.807) is 53.4 Å². The topological polar surface area (TPSA) is 112 Å². The van der Waals surface area contributed by atoms with E-state index in [0.29, 0.717) is 30.9 Å². The molecule has 4 aromatic carbocycles. The second kappa shape index (κ2) is 15.3. The van der Waals surface area contributed by atoms with Gasteiger partial charge in [0, 0.05) is 25.6 Å². The fraction of sp³-hybridized carbons (Fsp3) is 0.316. The van der Waals surface area contributed by atoms with Gasteiger partial charge in [0.05, 0.1) is 23.9 Å². The van der Waals surface area contributed by atoms with Crippen molar-refractivity contribution in [3.63, 3.8) is 0 Å². The van der Waals surface area contributed by atoms with Crippen molar-refractivity contribution in [1.82, 2.24) is 9.80 Å². The standard InChI is InChI=1S/C38H43N3O6/c1-25-11-8-9-16-33(25)46-30-19-17-28(18-20-30)22-40(4)23-34-26(2)21-41(27(3)24-42)38(45)31-14-10-15-32(36(31)47-34)39-37(44)35(43)29-12-6-5-7-13-29/h5-20,26-27,34-35,42-43H,21-24H2,1-4H3,(H,39,44)/t26-,27+,34-,35?/m1/s1. The predicted molar refractivity (Wildman–Crippen MR) is 182 cm³/mol. The van der Waals surface area contributed by atoms with Crippen LogP contribution in [-0.2, 0) is 11.3 Å². The zero-order chi connectivity index (χ0) is 33.5. The number of amides is 2. The second-order valence-electron chi connectivity index (χ2n) is 12.3. The van der Waals surface area contributed by atoms with Crippen molar-refractivity contribution >= 4 is 17.5 Å². The Morgan fingerprint density at radius 1 is 1.02 bits per heavy atom. The number of para-hydroxylation sites is 2. The van der Waals surface area contributed by atoms with Gasteiger partial charge in [0.25, 0.3) is 11.8 Å². The molecular formula is C38H43N3O6. The molecule has 1 aliphatic heterocycles. The Kier molecular flexibility index (Phi) is 10.9. The number of likely N-dealkylation sites (N-methyl/N-ethyl adjacent to an activating group) is 1. The normalized spacial score (nSPS) is 17.6. The van der Waals surface area contributed by atoms with Crippen LogP contribution in [0.3, 0.4) is 0 Å². The third-order valence-electron chi connectivity index (χ3n) is 8.50. The maximum absolute atomic E-state index is 13.8. The average molecular weight is 638 g/mol. The first-order chi connectivity index (χ1) is 22.6. The van der Waals surface area contributed by atoms with Crippen LogP contribution < -0.4 is 14.8 Å². The molecule has 1 aliphatic rings. The summed E-state index contributed by atoms with van der Waals surface area (Å²) in [6.07, 6.45) is -1.78. The van der Waals surface area contributed by atoms with Gasteiger partial charge < -0.3 is 29.9 Å². The Bertz CT molecular complexity index is 1660. The first-order valence-corrected chi connectivity index (χ1v) is 15.9. The van der Waals surface area contributed by atoms with E-state index in [0.717, 1.165) is 22.6 Å². The van der Waals surface area contributed by atoms with E-state index in [-0.39, 0.29) is 35.8 Å². The van der Waals surface area contributed by atoms with Gasteiger partial charge in [-0.05, 0) is 67.9 Å². The Balaban J connectivity index is 1.36. The molecule has 1 unspecified atom stereocenters. The van der Waals surface area contributed by atoms with Crippen LogP contribution >= 0.6 is 0 Å². The summed E-state index contributed by atoms with van der Waals surface area (Å²) in [5.74, 6) is 0.763. The highest BCUT2D eigenvalue weighted by Gasteiger charge is 2.35. The lowest BCUT2D eigenvalue weighted by Crippen LogP contribution is -2.49. The molecule has 4 atom stereocenters. The molecule has 0 saturated carbocycles. The van der Waals surface area contributed by atoms with Crippen molar-refractivity contribution < 1.29 is 29.3 Å². The summed E-state index contributed by atoms with van der Waals surface area (Å²) < 4.78 is 12.7. The summed E-state index contributed by atoms with van der Waals surface area (Å²) in [7, 11) is 2.01. The summed E-state index contributed by atoms with van der Waals surface area (Å²) in [5.41, 5.74) is 3.18. The molecule has 0 fully saturated rings. The van der Waals surface area contributed by atoms with E-state index in [1.807, 2.05) is 76.3 Å². The number of hydrogen-bond donors (Lipinski definition) is 3. The molecule has 9 nitrogen and oxygen atoms in total. The van der Waals surface area contributed by atoms with E-state index in [4.69, 9.17) is 9.47 Å². The van der Waals surface area contributed by atoms with Crippen LogP contribution in [0.2, 0.25) is 0 Å². The number of aliphatic hydroxyl groups is 2. The maximum Gasteiger partial charge on any atom is 0.258 e. The molecule has 4 aromatic rings. The first-order valence-electron chi connectivity index (χ1n) is 15.9. The molecule has 2 amide bonds. The summed E-state index contributed by atoms with van der Waals surface area (Å²) in [5, 5.41) is 23.5. The van der Waals surface area contributed by atoms with E-state index in [9.17, 15) is 19.8 Å². The number of aliphatic hydroxyl groups excluding tert-OH is 2. The van der Waals surface area contributed by atoms with Gasteiger partial charge in [-0.1, -0.05) is 73.7 Å². The number of nitrogens with zero attached hydrogens (tertiary/aromatic N) is 2. The minimum atomic E-state index is -1.41. The molecule has 246 valence electrons. The van der Waals surface area contributed by atoms with Crippen molar-refractivity contribution in [3.05, 3.63) is 119 Å². The van der Waals surface area contributed by atoms with Crippen LogP contribution in [0.1, 0.15) is 47.0 Å². The molecule has 9 heteroatoms. The summed E-state index contributed by atoms with van der Waals surface area (Å²) in [6, 6.07) is 29.1. The fourth-order valence-electron chi connectivity index (χ4n) is 5.69. The molecule has 0 saturated heterocycles. The predicted octanol–water partition coefficient (Wildman–Crippen LogP) is 5.81. The van der Waals surface area contributed by atoms with E-state index >= 15 is 0 Å². The Morgan fingerprint density at radius 3 is 2.43 bits per heavy atom. The summed E-state index contributed by atoms with van der Waals surface area (Å²) in [6.45, 7) is 7.19. The fourth-order valence-corrected chi connectivity index (χ4v) is 5.69. The number of anilines is 1. The SMILES string of the molecule is Cc1ccccc1Oc1ccc(CN(C)C[C@H]2Oc3c(NC(=O)C(O)c4ccccc4)cccc3C(=O)N([C@@H](C)CO)C[C@H]2C)cc1. The highest BCUT2D eigenvalue weighted by atomic mass is 16.5. The molecule has 0 aliphatic carbocycles. The lowest BCUT2D eigenvalue weighted by Gasteiger charge is -2.38. The molecule has 0 spiro atoms. The summed E-state index contributed by atoms with van der Waals surface area (Å²) >= 11 is 0. The number of carbonyl (C=O) groups excluding carboxylic acids is 2. The van der Waals surface area contributed by atoms with Crippen LogP contribution in [0.5, 0.6) is 17.2 Å². The number of nitrogens with one attached hydrogen (secondary N) is 1. The van der Waals surface area contributed by atoms with E-state index in [2.05, 4.69) is 10.2 Å². The molecule has 3 N–H and O–H groups in total. The lowest BCUT2D eigenvalue weighted by molar-refractivity contribution is -0.124. The van der Waals surface area contributed by atoms with Crippen molar-refractivity contribution in [1.29, 1.82) is 0 Å². The number of hydrogen-bond acceptors (Lipinski definition) is 7. The van der Waals surface area contributed by atoms with Crippen molar-refractivity contribution in [2.75, 3.05) is 32.1 Å². The minimum Gasteiger partial charge on any atom is -0.486 e. The van der Waals surface area contributed by atoms with Gasteiger partial charge in [-0.25, -0.2) is 0 Å². The highest BCUT2D eigenvalue weighted by Crippen LogP contribution is 2.36. The van der Waals surface area contributed by atoms with Gasteiger partial charge in [0.1, 0.15) is 17.6 Å². The molecular weight excluding hydrogens is 594 g/mol. The van der Waals surface area contributed by atoms with Crippen LogP contribution in [0, 0.1) is 12.8 Å². The minimum absolute atomic E-state index is 0.118. The third kappa shape index (κ3) is 8.18. The Hall–Kier alpha value is -4.70. The molecule has 0 aromatic heterocycles. The third-order valence-corrected chi connectivity index (χ3v) is 8.50. The number of benzene rings is 4. The number of carbonyl (C=O) groups is 2. The Morgan fingerprint density at radius 2 is 1.72 bits per heavy atom. The highest BCUT2D eigenvalue weighted by molar-refractivity contribution is 6.02. The molecule has 5 rings (SSSR count). The van der Waals surface area contributed by atoms with Gasteiger partial charge in [-0.3, -0.25) is 14.5 Å². The van der Waals surface area contributed by atoms with Gasteiger partial charge in [0.15, 0.2) is 11.9 Å². The largest absolute Gasteiger partial charge is 0.486 e. The Labute approximate surface area is 276 Å². The number of ether oxygens (including phenoxy) is 2. The number of rotatable bonds is 11. The van der Waals surface area contributed by atoms with E-state index < -0.39 is 18.1 Å². The monoisotopic (exact) mass is 637 g/mol. The van der Waals surface area contributed by atoms with E-state index in [1.165, 1.54) is 0 Å². The zero-order valence-corrected chi connectivity index (χ0v) is 27.3. The van der Waals surface area contributed by atoms with Crippen molar-refractivity contribution in [2.24, 2.45) is 5.92 Å². The molecule has 0 radical (unpaired) electrons. The smallest absolute Gasteiger partial charge is 0.258 e. The first kappa shape index (κ1) is 33.7. The summed E-state index contributed by atoms with van der Waals surface area (Å²) in [4.78, 5) is 30.8. The number of aryl methyl sites for hydroxylation is 1. The molecule has 1 heterocycles. The van der Waals surface area contributed by atoms with Gasteiger partial charge >= 0.3 is 0 Å². The van der Waals surface area contributed by atoms with Crippen LogP contribution in [0.15, 0.2) is 97.1 Å². The zero-order valence-electron chi connectivity index (χ0n) is 27.3. The lowest BCUT2D eigenvalue weighted by atomic mass is 9.98. The maximum atomic E-state index is 13.8. The van der Waals surface area contributed by atoms with Crippen LogP contribution in [-0.4, -0.2) is 70.7 Å². The quantitative estimate of drug-likeness (QED) is 0.190. The van der Waals surface area contributed by atoms with Gasteiger partial charge in [-0.2, -0.15) is 0 Å². The van der Waals surface area contributed by atoms with Crippen molar-refractivity contribution in [3.8, 4) is 17.2 Å². The second-order valence-corrected chi connectivity index (χ2v) is 12.3. The molecule has 47 heavy (non-hydrogen) atoms. The van der Waals surface area contributed by atoms with Gasteiger partial charge in [-0.15, -0.1) is 0 Å². The van der Waals surface area contributed by atoms with Gasteiger partial charge in [0.2, 0.25) is 0 Å². The number of fused-ring (bicyclic) bond motifs is 1. The van der Waals surface area contributed by atoms with Crippen molar-refractivity contribution in [2.45, 2.75) is 45.6 Å². The van der Waals surface area contributed by atoms with Crippen LogP contribution in [0.25, 0.3) is 0 Å². The van der Waals surface area contributed by atoms with Crippen LogP contribution in [0.4, 0.5) is 5.69 Å². The average Bonchev–Trinajstić information content (AvgIpc) is 3.08.